The van der Waals surface area contributed by atoms with E-state index in [4.69, 9.17) is 9.47 Å². The predicted octanol–water partition coefficient (Wildman–Crippen LogP) is 1.49. The second-order valence-corrected chi connectivity index (χ2v) is 4.25. The highest BCUT2D eigenvalue weighted by atomic mass is 16.5. The van der Waals surface area contributed by atoms with Crippen LogP contribution in [0.15, 0.2) is 0 Å². The van der Waals surface area contributed by atoms with E-state index in [0.29, 0.717) is 25.7 Å². The summed E-state index contributed by atoms with van der Waals surface area (Å²) in [5.41, 5.74) is 0. The Morgan fingerprint density at radius 1 is 1.38 bits per heavy atom. The van der Waals surface area contributed by atoms with Crippen LogP contribution in [-0.2, 0) is 14.3 Å². The molecule has 1 heterocycles. The van der Waals surface area contributed by atoms with E-state index in [1.165, 1.54) is 19.3 Å². The van der Waals surface area contributed by atoms with Gasteiger partial charge in [-0.25, -0.2) is 0 Å². The molecule has 1 rings (SSSR count). The molecule has 1 atom stereocenters. The minimum Gasteiger partial charge on any atom is -0.466 e. The van der Waals surface area contributed by atoms with Crippen molar-refractivity contribution in [3.8, 4) is 0 Å². The van der Waals surface area contributed by atoms with E-state index in [9.17, 15) is 4.79 Å². The van der Waals surface area contributed by atoms with E-state index < -0.39 is 0 Å². The molecule has 1 unspecified atom stereocenters. The molecule has 0 spiro atoms. The Hall–Kier alpha value is -0.610. The third-order valence-electron chi connectivity index (χ3n) is 2.87. The summed E-state index contributed by atoms with van der Waals surface area (Å²) in [6.07, 6.45) is 5.95. The van der Waals surface area contributed by atoms with Gasteiger partial charge in [-0.15, -0.1) is 0 Å². The summed E-state index contributed by atoms with van der Waals surface area (Å²) in [6.45, 7) is 2.22. The monoisotopic (exact) mass is 229 g/mol. The summed E-state index contributed by atoms with van der Waals surface area (Å²) in [7, 11) is 1.65. The SMILES string of the molecule is COCCCOC(=O)CCC1CCCCN1. The number of esters is 1. The summed E-state index contributed by atoms with van der Waals surface area (Å²) in [5, 5.41) is 3.42. The third kappa shape index (κ3) is 6.08. The van der Waals surface area contributed by atoms with Crippen LogP contribution in [0.25, 0.3) is 0 Å². The van der Waals surface area contributed by atoms with Gasteiger partial charge in [0.2, 0.25) is 0 Å². The molecule has 94 valence electrons. The van der Waals surface area contributed by atoms with Crippen molar-refractivity contribution in [2.45, 2.75) is 44.6 Å². The van der Waals surface area contributed by atoms with Crippen LogP contribution in [0.3, 0.4) is 0 Å². The number of ether oxygens (including phenoxy) is 2. The lowest BCUT2D eigenvalue weighted by atomic mass is 10.0. The zero-order valence-corrected chi connectivity index (χ0v) is 10.2. The number of piperidine rings is 1. The van der Waals surface area contributed by atoms with Crippen molar-refractivity contribution < 1.29 is 14.3 Å². The fourth-order valence-corrected chi connectivity index (χ4v) is 1.92. The van der Waals surface area contributed by atoms with Crippen LogP contribution in [0.2, 0.25) is 0 Å². The van der Waals surface area contributed by atoms with Crippen LogP contribution in [0.4, 0.5) is 0 Å². The Morgan fingerprint density at radius 2 is 2.25 bits per heavy atom. The minimum absolute atomic E-state index is 0.0801. The minimum atomic E-state index is -0.0801. The van der Waals surface area contributed by atoms with Gasteiger partial charge in [0.05, 0.1) is 6.61 Å². The van der Waals surface area contributed by atoms with Crippen LogP contribution < -0.4 is 5.32 Å². The van der Waals surface area contributed by atoms with Gasteiger partial charge in [0.1, 0.15) is 0 Å². The number of hydrogen-bond acceptors (Lipinski definition) is 4. The Balaban J connectivity index is 1.96. The van der Waals surface area contributed by atoms with Gasteiger partial charge in [-0.05, 0) is 25.8 Å². The first-order valence-electron chi connectivity index (χ1n) is 6.21. The summed E-state index contributed by atoms with van der Waals surface area (Å²) in [4.78, 5) is 11.4. The van der Waals surface area contributed by atoms with E-state index >= 15 is 0 Å². The van der Waals surface area contributed by atoms with Crippen molar-refractivity contribution in [1.29, 1.82) is 0 Å². The molecule has 0 aromatic carbocycles. The zero-order chi connectivity index (χ0) is 11.6. The maximum atomic E-state index is 11.4. The Bertz CT molecular complexity index is 191. The highest BCUT2D eigenvalue weighted by molar-refractivity contribution is 5.69. The molecule has 0 aromatic rings. The van der Waals surface area contributed by atoms with Crippen molar-refractivity contribution in [3.05, 3.63) is 0 Å². The second-order valence-electron chi connectivity index (χ2n) is 4.25. The maximum absolute atomic E-state index is 11.4. The molecule has 1 aliphatic rings. The van der Waals surface area contributed by atoms with Crippen LogP contribution in [-0.4, -0.2) is 38.9 Å². The summed E-state index contributed by atoms with van der Waals surface area (Å²) < 4.78 is 9.97. The molecule has 1 aliphatic heterocycles. The second kappa shape index (κ2) is 8.53. The van der Waals surface area contributed by atoms with Gasteiger partial charge in [0.25, 0.3) is 0 Å². The number of methoxy groups -OCH3 is 1. The van der Waals surface area contributed by atoms with Gasteiger partial charge in [0, 0.05) is 32.6 Å². The van der Waals surface area contributed by atoms with Crippen molar-refractivity contribution in [1.82, 2.24) is 5.32 Å². The lowest BCUT2D eigenvalue weighted by molar-refractivity contribution is -0.144. The van der Waals surface area contributed by atoms with Gasteiger partial charge in [-0.3, -0.25) is 4.79 Å². The molecule has 1 saturated heterocycles. The predicted molar refractivity (Wildman–Crippen MR) is 62.3 cm³/mol. The van der Waals surface area contributed by atoms with Gasteiger partial charge in [0.15, 0.2) is 0 Å². The molecule has 1 fully saturated rings. The van der Waals surface area contributed by atoms with Crippen molar-refractivity contribution in [3.63, 3.8) is 0 Å². The first-order valence-corrected chi connectivity index (χ1v) is 6.21. The number of nitrogens with one attached hydrogen (secondary N) is 1. The van der Waals surface area contributed by atoms with Gasteiger partial charge in [-0.2, -0.15) is 0 Å². The average Bonchev–Trinajstić information content (AvgIpc) is 2.33. The molecular formula is C12H23NO3. The Kier molecular flexibility index (Phi) is 7.17. The maximum Gasteiger partial charge on any atom is 0.305 e. The van der Waals surface area contributed by atoms with Gasteiger partial charge >= 0.3 is 5.97 Å². The van der Waals surface area contributed by atoms with Crippen LogP contribution >= 0.6 is 0 Å². The number of carbonyl (C=O) groups is 1. The summed E-state index contributed by atoms with van der Waals surface area (Å²) in [5.74, 6) is -0.0801. The van der Waals surface area contributed by atoms with Crippen LogP contribution in [0.5, 0.6) is 0 Å². The zero-order valence-electron chi connectivity index (χ0n) is 10.2. The molecule has 0 saturated carbocycles. The number of carbonyl (C=O) groups excluding carboxylic acids is 1. The third-order valence-corrected chi connectivity index (χ3v) is 2.87. The fourth-order valence-electron chi connectivity index (χ4n) is 1.92. The van der Waals surface area contributed by atoms with Crippen molar-refractivity contribution in [2.75, 3.05) is 26.9 Å². The van der Waals surface area contributed by atoms with E-state index in [-0.39, 0.29) is 5.97 Å². The summed E-state index contributed by atoms with van der Waals surface area (Å²) >= 11 is 0. The molecule has 1 N–H and O–H groups in total. The normalized spacial score (nSPS) is 20.7. The standard InChI is InChI=1S/C12H23NO3/c1-15-9-4-10-16-12(14)7-6-11-5-2-3-8-13-11/h11,13H,2-10H2,1H3. The van der Waals surface area contributed by atoms with Crippen LogP contribution in [0, 0.1) is 0 Å². The molecular weight excluding hydrogens is 206 g/mol. The largest absolute Gasteiger partial charge is 0.466 e. The first kappa shape index (κ1) is 13.5. The Labute approximate surface area is 97.7 Å². The first-order chi connectivity index (χ1) is 7.83. The van der Waals surface area contributed by atoms with E-state index in [1.807, 2.05) is 0 Å². The molecule has 4 heteroatoms. The molecule has 0 aromatic heterocycles. The molecule has 0 bridgehead atoms. The average molecular weight is 229 g/mol. The number of hydrogen-bond donors (Lipinski definition) is 1. The smallest absolute Gasteiger partial charge is 0.305 e. The highest BCUT2D eigenvalue weighted by Crippen LogP contribution is 2.11. The van der Waals surface area contributed by atoms with E-state index in [1.54, 1.807) is 7.11 Å². The topological polar surface area (TPSA) is 47.6 Å². The summed E-state index contributed by atoms with van der Waals surface area (Å²) in [6, 6.07) is 0.514. The molecule has 4 nitrogen and oxygen atoms in total. The number of rotatable bonds is 7. The quantitative estimate of drug-likeness (QED) is 0.531. The van der Waals surface area contributed by atoms with Gasteiger partial charge in [-0.1, -0.05) is 6.42 Å². The highest BCUT2D eigenvalue weighted by Gasteiger charge is 2.14. The molecule has 0 radical (unpaired) electrons. The molecule has 16 heavy (non-hydrogen) atoms. The van der Waals surface area contributed by atoms with Crippen molar-refractivity contribution >= 4 is 5.97 Å². The van der Waals surface area contributed by atoms with E-state index in [0.717, 1.165) is 19.4 Å². The van der Waals surface area contributed by atoms with Gasteiger partial charge < -0.3 is 14.8 Å². The molecule has 0 amide bonds. The fraction of sp³-hybridized carbons (Fsp3) is 0.917. The lowest BCUT2D eigenvalue weighted by Gasteiger charge is -2.22. The van der Waals surface area contributed by atoms with Crippen molar-refractivity contribution in [2.24, 2.45) is 0 Å². The van der Waals surface area contributed by atoms with E-state index in [2.05, 4.69) is 5.32 Å². The molecule has 0 aliphatic carbocycles. The van der Waals surface area contributed by atoms with Crippen LogP contribution in [0.1, 0.15) is 38.5 Å². The Morgan fingerprint density at radius 3 is 2.94 bits per heavy atom. The lowest BCUT2D eigenvalue weighted by Crippen LogP contribution is -2.34.